The molecule has 1 aliphatic rings. The second kappa shape index (κ2) is 9.82. The number of hydrogen-bond acceptors (Lipinski definition) is 8. The number of carboxylic acids is 1. The summed E-state index contributed by atoms with van der Waals surface area (Å²) in [6, 6.07) is 7.15. The van der Waals surface area contributed by atoms with Gasteiger partial charge in [0.1, 0.15) is 11.9 Å². The Balaban J connectivity index is 1.30. The number of ether oxygens (including phenoxy) is 1. The maximum atomic E-state index is 13.5. The molecule has 172 valence electrons. The van der Waals surface area contributed by atoms with Crippen LogP contribution in [0.5, 0.6) is 5.88 Å². The van der Waals surface area contributed by atoms with Gasteiger partial charge in [0.15, 0.2) is 0 Å². The summed E-state index contributed by atoms with van der Waals surface area (Å²) in [6.45, 7) is 0. The number of carboxylic acid groups (broad SMARTS) is 1. The van der Waals surface area contributed by atoms with Gasteiger partial charge in [0.05, 0.1) is 22.8 Å². The van der Waals surface area contributed by atoms with E-state index < -0.39 is 17.7 Å². The third-order valence-corrected chi connectivity index (χ3v) is 5.40. The van der Waals surface area contributed by atoms with Crippen molar-refractivity contribution >= 4 is 40.9 Å². The summed E-state index contributed by atoms with van der Waals surface area (Å²) in [4.78, 5) is 27.5. The molecule has 2 aromatic heterocycles. The maximum absolute atomic E-state index is 13.5. The molecule has 0 aliphatic heterocycles. The lowest BCUT2D eigenvalue weighted by Crippen LogP contribution is -2.28. The van der Waals surface area contributed by atoms with E-state index in [0.29, 0.717) is 42.9 Å². The van der Waals surface area contributed by atoms with E-state index in [1.165, 1.54) is 18.3 Å². The van der Waals surface area contributed by atoms with Gasteiger partial charge in [0.25, 0.3) is 0 Å². The summed E-state index contributed by atoms with van der Waals surface area (Å²) >= 11 is 5.64. The van der Waals surface area contributed by atoms with Crippen LogP contribution in [0.2, 0.25) is 5.02 Å². The Labute approximate surface area is 192 Å². The molecule has 10 nitrogen and oxygen atoms in total. The van der Waals surface area contributed by atoms with Crippen LogP contribution in [0.25, 0.3) is 0 Å². The van der Waals surface area contributed by atoms with Crippen molar-refractivity contribution in [3.05, 3.63) is 53.3 Å². The Bertz CT molecular complexity index is 1150. The number of aromatic nitrogens is 3. The van der Waals surface area contributed by atoms with E-state index in [1.807, 2.05) is 0 Å². The summed E-state index contributed by atoms with van der Waals surface area (Å²) < 4.78 is 24.6. The Kier molecular flexibility index (Phi) is 6.68. The molecular formula is C21H19ClFN5O5. The molecule has 2 heterocycles. The number of anilines is 3. The van der Waals surface area contributed by atoms with E-state index in [-0.39, 0.29) is 28.9 Å². The highest BCUT2D eigenvalue weighted by molar-refractivity contribution is 6.30. The molecule has 0 radical (unpaired) electrons. The Morgan fingerprint density at radius 3 is 2.55 bits per heavy atom. The van der Waals surface area contributed by atoms with Crippen LogP contribution in [0.3, 0.4) is 0 Å². The van der Waals surface area contributed by atoms with Gasteiger partial charge < -0.3 is 24.9 Å². The lowest BCUT2D eigenvalue weighted by Gasteiger charge is -2.26. The zero-order valence-corrected chi connectivity index (χ0v) is 17.9. The quantitative estimate of drug-likeness (QED) is 0.456. The highest BCUT2D eigenvalue weighted by Crippen LogP contribution is 2.27. The lowest BCUT2D eigenvalue weighted by atomic mass is 9.87. The summed E-state index contributed by atoms with van der Waals surface area (Å²) in [5.74, 6) is -2.28. The first-order valence-electron chi connectivity index (χ1n) is 10.1. The van der Waals surface area contributed by atoms with Gasteiger partial charge in [-0.3, -0.25) is 9.59 Å². The molecular weight excluding hydrogens is 457 g/mol. The topological polar surface area (TPSA) is 139 Å². The fourth-order valence-corrected chi connectivity index (χ4v) is 3.49. The second-order valence-corrected chi connectivity index (χ2v) is 7.84. The van der Waals surface area contributed by atoms with Crippen molar-refractivity contribution in [2.75, 3.05) is 10.6 Å². The molecule has 1 amide bonds. The van der Waals surface area contributed by atoms with Gasteiger partial charge in [-0.05, 0) is 49.9 Å². The third kappa shape index (κ3) is 5.75. The number of nitrogens with zero attached hydrogens (tertiary/aromatic N) is 3. The van der Waals surface area contributed by atoms with Crippen LogP contribution in [-0.4, -0.2) is 38.3 Å². The van der Waals surface area contributed by atoms with E-state index in [9.17, 15) is 14.0 Å². The number of aliphatic carboxylic acids is 1. The van der Waals surface area contributed by atoms with Crippen molar-refractivity contribution in [1.82, 2.24) is 15.2 Å². The Hall–Kier alpha value is -3.73. The number of pyridine rings is 1. The van der Waals surface area contributed by atoms with Crippen molar-refractivity contribution in [1.29, 1.82) is 0 Å². The van der Waals surface area contributed by atoms with Crippen LogP contribution < -0.4 is 15.4 Å². The molecule has 1 aromatic carbocycles. The number of hydrogen-bond donors (Lipinski definition) is 3. The normalized spacial score (nSPS) is 17.9. The van der Waals surface area contributed by atoms with Gasteiger partial charge in [-0.2, -0.15) is 0 Å². The molecule has 1 aliphatic carbocycles. The van der Waals surface area contributed by atoms with Gasteiger partial charge in [-0.15, -0.1) is 5.10 Å². The van der Waals surface area contributed by atoms with E-state index >= 15 is 0 Å². The lowest BCUT2D eigenvalue weighted by molar-refractivity contribution is -0.143. The molecule has 0 bridgehead atoms. The van der Waals surface area contributed by atoms with E-state index in [4.69, 9.17) is 25.9 Å². The number of amides is 1. The molecule has 12 heteroatoms. The summed E-state index contributed by atoms with van der Waals surface area (Å²) in [6.07, 6.45) is 3.76. The number of halogens is 2. The zero-order chi connectivity index (χ0) is 23.4. The van der Waals surface area contributed by atoms with Crippen LogP contribution in [0, 0.1) is 11.7 Å². The molecule has 0 saturated heterocycles. The Morgan fingerprint density at radius 2 is 1.88 bits per heavy atom. The van der Waals surface area contributed by atoms with Crippen LogP contribution >= 0.6 is 11.6 Å². The number of nitrogens with one attached hydrogen (secondary N) is 2. The molecule has 3 aromatic rings. The van der Waals surface area contributed by atoms with Crippen LogP contribution in [0.1, 0.15) is 36.4 Å². The fourth-order valence-electron chi connectivity index (χ4n) is 3.37. The first-order chi connectivity index (χ1) is 15.9. The average molecular weight is 476 g/mol. The number of carbonyl (C=O) groups is 2. The van der Waals surface area contributed by atoms with Crippen molar-refractivity contribution in [3.8, 4) is 5.88 Å². The molecule has 0 atom stereocenters. The van der Waals surface area contributed by atoms with E-state index in [1.54, 1.807) is 12.1 Å². The standard InChI is InChI=1S/C21H19ClFN5O5/c22-15-7-3-12(9-16(15)23)26-21-28-27-19(33-21)18(29)25-13-4-8-17(24-10-13)32-14-5-1-11(2-6-14)20(30)31/h3-4,7-11,14H,1-2,5-6H2,(H,25,29)(H,26,28)(H,30,31)/t11-,14-. The average Bonchev–Trinajstić information content (AvgIpc) is 3.27. The summed E-state index contributed by atoms with van der Waals surface area (Å²) in [7, 11) is 0. The van der Waals surface area contributed by atoms with E-state index in [0.717, 1.165) is 6.07 Å². The fraction of sp³-hybridized carbons (Fsp3) is 0.286. The van der Waals surface area contributed by atoms with Gasteiger partial charge in [0, 0.05) is 11.8 Å². The molecule has 33 heavy (non-hydrogen) atoms. The minimum atomic E-state index is -0.769. The highest BCUT2D eigenvalue weighted by atomic mass is 35.5. The van der Waals surface area contributed by atoms with Crippen LogP contribution in [0.15, 0.2) is 40.9 Å². The minimum Gasteiger partial charge on any atom is -0.481 e. The Morgan fingerprint density at radius 1 is 1.12 bits per heavy atom. The number of carbonyl (C=O) groups excluding carboxylic acids is 1. The van der Waals surface area contributed by atoms with Gasteiger partial charge >= 0.3 is 23.8 Å². The van der Waals surface area contributed by atoms with Crippen LogP contribution in [0.4, 0.5) is 21.8 Å². The van der Waals surface area contributed by atoms with Crippen molar-refractivity contribution < 1.29 is 28.2 Å². The van der Waals surface area contributed by atoms with E-state index in [2.05, 4.69) is 25.8 Å². The van der Waals surface area contributed by atoms with Crippen molar-refractivity contribution in [3.63, 3.8) is 0 Å². The van der Waals surface area contributed by atoms with Crippen LogP contribution in [-0.2, 0) is 4.79 Å². The molecule has 1 fully saturated rings. The SMILES string of the molecule is O=C(Nc1ccc(O[C@H]2CC[C@H](C(=O)O)CC2)nc1)c1nnc(Nc2ccc(Cl)c(F)c2)o1. The van der Waals surface area contributed by atoms with Gasteiger partial charge in [-0.1, -0.05) is 16.7 Å². The first kappa shape index (κ1) is 22.5. The first-order valence-corrected chi connectivity index (χ1v) is 10.5. The third-order valence-electron chi connectivity index (χ3n) is 5.10. The largest absolute Gasteiger partial charge is 0.481 e. The van der Waals surface area contributed by atoms with Gasteiger partial charge in [-0.25, -0.2) is 9.37 Å². The van der Waals surface area contributed by atoms with Crippen molar-refractivity contribution in [2.45, 2.75) is 31.8 Å². The minimum absolute atomic E-state index is 0.0262. The molecule has 0 spiro atoms. The van der Waals surface area contributed by atoms with Crippen molar-refractivity contribution in [2.24, 2.45) is 5.92 Å². The highest BCUT2D eigenvalue weighted by Gasteiger charge is 2.27. The monoisotopic (exact) mass is 475 g/mol. The molecule has 0 unspecified atom stereocenters. The number of benzene rings is 1. The zero-order valence-electron chi connectivity index (χ0n) is 17.1. The summed E-state index contributed by atoms with van der Waals surface area (Å²) in [5, 5.41) is 21.7. The second-order valence-electron chi connectivity index (χ2n) is 7.44. The van der Waals surface area contributed by atoms with Gasteiger partial charge in [0.2, 0.25) is 5.88 Å². The summed E-state index contributed by atoms with van der Waals surface area (Å²) in [5.41, 5.74) is 0.707. The predicted octanol–water partition coefficient (Wildman–Crippen LogP) is 4.28. The maximum Gasteiger partial charge on any atom is 0.320 e. The molecule has 4 rings (SSSR count). The predicted molar refractivity (Wildman–Crippen MR) is 115 cm³/mol. The molecule has 3 N–H and O–H groups in total. The number of rotatable bonds is 7. The molecule has 1 saturated carbocycles. The smallest absolute Gasteiger partial charge is 0.320 e.